The number of nitrogens with one attached hydrogen (secondary N) is 1. The van der Waals surface area contributed by atoms with Crippen molar-refractivity contribution in [3.05, 3.63) is 29.8 Å². The number of aryl methyl sites for hydroxylation is 1. The summed E-state index contributed by atoms with van der Waals surface area (Å²) in [5.41, 5.74) is 0.888. The first-order valence-corrected chi connectivity index (χ1v) is 9.13. The number of sulfone groups is 1. The van der Waals surface area contributed by atoms with Crippen LogP contribution in [0.15, 0.2) is 29.2 Å². The summed E-state index contributed by atoms with van der Waals surface area (Å²) in [5, 5.41) is 3.27. The fourth-order valence-corrected chi connectivity index (χ4v) is 3.13. The predicted molar refractivity (Wildman–Crippen MR) is 81.9 cm³/mol. The van der Waals surface area contributed by atoms with Crippen LogP contribution in [0.3, 0.4) is 0 Å². The van der Waals surface area contributed by atoms with Gasteiger partial charge in [-0.05, 0) is 37.1 Å². The molecule has 1 aromatic carbocycles. The van der Waals surface area contributed by atoms with Gasteiger partial charge in [0.1, 0.15) is 0 Å². The smallest absolute Gasteiger partial charge is 0.222 e. The highest BCUT2D eigenvalue weighted by Crippen LogP contribution is 2.13. The Morgan fingerprint density at radius 1 is 1.29 bits per heavy atom. The lowest BCUT2D eigenvalue weighted by Gasteiger charge is -2.19. The fraction of sp³-hybridized carbons (Fsp3) is 0.533. The third kappa shape index (κ3) is 4.82. The standard InChI is InChI=1S/C15H22N2O3S/c1-21(19,20)14-5-2-4-13(12-14)6-7-15(18)17-10-3-8-16-9-11-17/h2,4-5,12,16H,3,6-11H2,1H3. The van der Waals surface area contributed by atoms with E-state index in [1.807, 2.05) is 11.0 Å². The van der Waals surface area contributed by atoms with Crippen LogP contribution in [-0.2, 0) is 21.1 Å². The van der Waals surface area contributed by atoms with Gasteiger partial charge < -0.3 is 10.2 Å². The van der Waals surface area contributed by atoms with E-state index in [0.717, 1.165) is 38.2 Å². The zero-order valence-corrected chi connectivity index (χ0v) is 13.2. The van der Waals surface area contributed by atoms with Crippen molar-refractivity contribution in [1.29, 1.82) is 0 Å². The third-order valence-electron chi connectivity index (χ3n) is 3.65. The van der Waals surface area contributed by atoms with E-state index in [0.29, 0.717) is 17.7 Å². The summed E-state index contributed by atoms with van der Waals surface area (Å²) in [6, 6.07) is 6.84. The molecule has 0 unspecified atom stereocenters. The molecule has 1 aromatic rings. The van der Waals surface area contributed by atoms with E-state index in [-0.39, 0.29) is 5.91 Å². The molecular formula is C15H22N2O3S. The minimum absolute atomic E-state index is 0.142. The first-order valence-electron chi connectivity index (χ1n) is 7.24. The molecule has 0 atom stereocenters. The molecule has 0 spiro atoms. The van der Waals surface area contributed by atoms with Crippen LogP contribution >= 0.6 is 0 Å². The van der Waals surface area contributed by atoms with Gasteiger partial charge in [-0.15, -0.1) is 0 Å². The number of hydrogen-bond acceptors (Lipinski definition) is 4. The molecule has 0 aromatic heterocycles. The van der Waals surface area contributed by atoms with E-state index in [1.165, 1.54) is 6.26 Å². The van der Waals surface area contributed by atoms with Gasteiger partial charge in [-0.3, -0.25) is 4.79 Å². The molecule has 6 heteroatoms. The molecular weight excluding hydrogens is 288 g/mol. The molecule has 0 bridgehead atoms. The fourth-order valence-electron chi connectivity index (χ4n) is 2.44. The Bertz CT molecular complexity index is 591. The highest BCUT2D eigenvalue weighted by molar-refractivity contribution is 7.90. The van der Waals surface area contributed by atoms with E-state index in [2.05, 4.69) is 5.32 Å². The Labute approximate surface area is 126 Å². The van der Waals surface area contributed by atoms with Crippen LogP contribution in [0.4, 0.5) is 0 Å². The number of carbonyl (C=O) groups is 1. The molecule has 21 heavy (non-hydrogen) atoms. The Hall–Kier alpha value is -1.40. The molecule has 0 saturated carbocycles. The molecule has 1 aliphatic heterocycles. The topological polar surface area (TPSA) is 66.5 Å². The molecule has 0 aliphatic carbocycles. The SMILES string of the molecule is CS(=O)(=O)c1cccc(CCC(=O)N2CCCNCC2)c1. The highest BCUT2D eigenvalue weighted by Gasteiger charge is 2.15. The quantitative estimate of drug-likeness (QED) is 0.895. The summed E-state index contributed by atoms with van der Waals surface area (Å²) in [7, 11) is -3.19. The molecule has 1 aliphatic rings. The van der Waals surface area contributed by atoms with Gasteiger partial charge in [-0.2, -0.15) is 0 Å². The average Bonchev–Trinajstić information content (AvgIpc) is 2.73. The normalized spacial score (nSPS) is 16.5. The zero-order chi connectivity index (χ0) is 15.3. The van der Waals surface area contributed by atoms with Gasteiger partial charge in [0.2, 0.25) is 5.91 Å². The summed E-state index contributed by atoms with van der Waals surface area (Å²) in [6.45, 7) is 3.35. The van der Waals surface area contributed by atoms with Gasteiger partial charge in [0, 0.05) is 32.3 Å². The van der Waals surface area contributed by atoms with E-state index >= 15 is 0 Å². The Balaban J connectivity index is 1.94. The van der Waals surface area contributed by atoms with Gasteiger partial charge in [0.15, 0.2) is 9.84 Å². The van der Waals surface area contributed by atoms with Crippen LogP contribution < -0.4 is 5.32 Å². The first kappa shape index (κ1) is 16.0. The van der Waals surface area contributed by atoms with Crippen LogP contribution in [0.25, 0.3) is 0 Å². The predicted octanol–water partition coefficient (Wildman–Crippen LogP) is 0.845. The first-order chi connectivity index (χ1) is 9.97. The summed E-state index contributed by atoms with van der Waals surface area (Å²) < 4.78 is 23.1. The molecule has 2 rings (SSSR count). The lowest BCUT2D eigenvalue weighted by atomic mass is 10.1. The highest BCUT2D eigenvalue weighted by atomic mass is 32.2. The third-order valence-corrected chi connectivity index (χ3v) is 4.76. The minimum atomic E-state index is -3.19. The van der Waals surface area contributed by atoms with Crippen molar-refractivity contribution in [2.75, 3.05) is 32.4 Å². The van der Waals surface area contributed by atoms with Crippen LogP contribution in [0.1, 0.15) is 18.4 Å². The van der Waals surface area contributed by atoms with Crippen molar-refractivity contribution in [3.63, 3.8) is 0 Å². The Kier molecular flexibility index (Phi) is 5.36. The maximum absolute atomic E-state index is 12.2. The molecule has 116 valence electrons. The zero-order valence-electron chi connectivity index (χ0n) is 12.3. The molecule has 1 amide bonds. The second-order valence-corrected chi connectivity index (χ2v) is 7.42. The summed E-state index contributed by atoms with van der Waals surface area (Å²) in [4.78, 5) is 14.4. The van der Waals surface area contributed by atoms with Crippen LogP contribution in [-0.4, -0.2) is 51.7 Å². The van der Waals surface area contributed by atoms with Crippen molar-refractivity contribution in [2.45, 2.75) is 24.2 Å². The number of nitrogens with zero attached hydrogens (tertiary/aromatic N) is 1. The maximum Gasteiger partial charge on any atom is 0.222 e. The molecule has 1 N–H and O–H groups in total. The van der Waals surface area contributed by atoms with Crippen molar-refractivity contribution in [3.8, 4) is 0 Å². The van der Waals surface area contributed by atoms with Gasteiger partial charge in [-0.1, -0.05) is 12.1 Å². The second kappa shape index (κ2) is 7.04. The molecule has 5 nitrogen and oxygen atoms in total. The maximum atomic E-state index is 12.2. The van der Waals surface area contributed by atoms with Crippen molar-refractivity contribution >= 4 is 15.7 Å². The molecule has 1 saturated heterocycles. The van der Waals surface area contributed by atoms with E-state index in [9.17, 15) is 13.2 Å². The summed E-state index contributed by atoms with van der Waals surface area (Å²) in [5.74, 6) is 0.142. The van der Waals surface area contributed by atoms with Crippen LogP contribution in [0.2, 0.25) is 0 Å². The molecule has 1 heterocycles. The average molecular weight is 310 g/mol. The Morgan fingerprint density at radius 3 is 2.86 bits per heavy atom. The largest absolute Gasteiger partial charge is 0.341 e. The van der Waals surface area contributed by atoms with Crippen LogP contribution in [0, 0.1) is 0 Å². The number of hydrogen-bond donors (Lipinski definition) is 1. The molecule has 1 fully saturated rings. The number of rotatable bonds is 4. The van der Waals surface area contributed by atoms with Gasteiger partial charge in [-0.25, -0.2) is 8.42 Å². The number of benzene rings is 1. The van der Waals surface area contributed by atoms with Crippen molar-refractivity contribution in [2.24, 2.45) is 0 Å². The van der Waals surface area contributed by atoms with E-state index in [4.69, 9.17) is 0 Å². The van der Waals surface area contributed by atoms with Crippen LogP contribution in [0.5, 0.6) is 0 Å². The van der Waals surface area contributed by atoms with Crippen molar-refractivity contribution in [1.82, 2.24) is 10.2 Å². The molecule has 0 radical (unpaired) electrons. The lowest BCUT2D eigenvalue weighted by molar-refractivity contribution is -0.130. The Morgan fingerprint density at radius 2 is 2.10 bits per heavy atom. The van der Waals surface area contributed by atoms with Gasteiger partial charge in [0.25, 0.3) is 0 Å². The number of carbonyl (C=O) groups excluding carboxylic acids is 1. The van der Waals surface area contributed by atoms with Crippen molar-refractivity contribution < 1.29 is 13.2 Å². The van der Waals surface area contributed by atoms with Gasteiger partial charge in [0.05, 0.1) is 4.90 Å². The minimum Gasteiger partial charge on any atom is -0.341 e. The van der Waals surface area contributed by atoms with E-state index in [1.54, 1.807) is 18.2 Å². The van der Waals surface area contributed by atoms with Gasteiger partial charge >= 0.3 is 0 Å². The van der Waals surface area contributed by atoms with E-state index < -0.39 is 9.84 Å². The summed E-state index contributed by atoms with van der Waals surface area (Å²) >= 11 is 0. The summed E-state index contributed by atoms with van der Waals surface area (Å²) in [6.07, 6.45) is 3.18. The lowest BCUT2D eigenvalue weighted by Crippen LogP contribution is -2.34. The monoisotopic (exact) mass is 310 g/mol. The second-order valence-electron chi connectivity index (χ2n) is 5.40. The number of amides is 1.